The van der Waals surface area contributed by atoms with E-state index in [-0.39, 0.29) is 18.2 Å². The van der Waals surface area contributed by atoms with E-state index in [2.05, 4.69) is 31.9 Å². The summed E-state index contributed by atoms with van der Waals surface area (Å²) in [6, 6.07) is 5.58. The second-order valence-electron chi connectivity index (χ2n) is 3.74. The smallest absolute Gasteiger partial charge is 0.310 e. The molecule has 3 nitrogen and oxygen atoms in total. The summed E-state index contributed by atoms with van der Waals surface area (Å²) in [6.07, 6.45) is 0.519. The molecule has 0 atom stereocenters. The standard InChI is InChI=1S/C13H14Br2O3/c1-2-18-13(17)7-10-5-11(15)4-3-9(10)6-12(16)8-14/h3-5H,2,6-8H2,1H3. The van der Waals surface area contributed by atoms with Crippen LogP contribution >= 0.6 is 31.9 Å². The van der Waals surface area contributed by atoms with E-state index in [1.165, 1.54) is 0 Å². The first-order valence-corrected chi connectivity index (χ1v) is 7.48. The van der Waals surface area contributed by atoms with Crippen LogP contribution in [0.25, 0.3) is 0 Å². The number of carbonyl (C=O) groups excluding carboxylic acids is 2. The average Bonchev–Trinajstić information content (AvgIpc) is 2.32. The molecule has 0 bridgehead atoms. The molecule has 1 rings (SSSR count). The second-order valence-corrected chi connectivity index (χ2v) is 5.22. The number of ether oxygens (including phenoxy) is 1. The number of hydrogen-bond acceptors (Lipinski definition) is 3. The first-order chi connectivity index (χ1) is 8.56. The zero-order valence-corrected chi connectivity index (χ0v) is 13.2. The summed E-state index contributed by atoms with van der Waals surface area (Å²) in [5.74, 6) is -0.189. The van der Waals surface area contributed by atoms with Crippen LogP contribution in [0.5, 0.6) is 0 Å². The van der Waals surface area contributed by atoms with Crippen molar-refractivity contribution in [1.82, 2.24) is 0 Å². The molecular formula is C13H14Br2O3. The molecule has 0 saturated carbocycles. The minimum absolute atomic E-state index is 0.0856. The minimum atomic E-state index is -0.275. The lowest BCUT2D eigenvalue weighted by atomic mass is 10.0. The Bertz CT molecular complexity index is 444. The van der Waals surface area contributed by atoms with Crippen molar-refractivity contribution in [1.29, 1.82) is 0 Å². The van der Waals surface area contributed by atoms with Crippen LogP contribution < -0.4 is 0 Å². The Morgan fingerprint density at radius 1 is 1.22 bits per heavy atom. The number of halogens is 2. The maximum atomic E-state index is 11.5. The number of benzene rings is 1. The van der Waals surface area contributed by atoms with Gasteiger partial charge in [-0.05, 0) is 30.2 Å². The molecule has 0 radical (unpaired) electrons. The largest absolute Gasteiger partial charge is 0.466 e. The van der Waals surface area contributed by atoms with Crippen LogP contribution in [0, 0.1) is 0 Å². The van der Waals surface area contributed by atoms with Gasteiger partial charge >= 0.3 is 5.97 Å². The van der Waals surface area contributed by atoms with Gasteiger partial charge in [-0.2, -0.15) is 0 Å². The second kappa shape index (κ2) is 7.69. The van der Waals surface area contributed by atoms with Crippen LogP contribution in [0.1, 0.15) is 18.1 Å². The third-order valence-electron chi connectivity index (χ3n) is 2.35. The van der Waals surface area contributed by atoms with Gasteiger partial charge in [0.05, 0.1) is 18.4 Å². The van der Waals surface area contributed by atoms with Gasteiger partial charge in [0.25, 0.3) is 0 Å². The molecule has 0 aliphatic rings. The van der Waals surface area contributed by atoms with Gasteiger partial charge in [0.15, 0.2) is 0 Å². The molecule has 1 aromatic rings. The summed E-state index contributed by atoms with van der Waals surface area (Å²) in [6.45, 7) is 2.14. The van der Waals surface area contributed by atoms with Crippen molar-refractivity contribution in [2.75, 3.05) is 11.9 Å². The Balaban J connectivity index is 2.89. The van der Waals surface area contributed by atoms with Gasteiger partial charge in [0.1, 0.15) is 5.78 Å². The molecule has 0 N–H and O–H groups in total. The molecule has 0 aromatic heterocycles. The molecule has 98 valence electrons. The lowest BCUT2D eigenvalue weighted by molar-refractivity contribution is -0.142. The van der Waals surface area contributed by atoms with Crippen molar-refractivity contribution in [3.63, 3.8) is 0 Å². The Morgan fingerprint density at radius 3 is 2.56 bits per heavy atom. The summed E-state index contributed by atoms with van der Waals surface area (Å²) in [7, 11) is 0. The summed E-state index contributed by atoms with van der Waals surface area (Å²) >= 11 is 6.50. The van der Waals surface area contributed by atoms with Crippen molar-refractivity contribution < 1.29 is 14.3 Å². The number of Topliss-reactive ketones (excluding diaryl/α,β-unsaturated/α-hetero) is 1. The van der Waals surface area contributed by atoms with Crippen molar-refractivity contribution in [2.45, 2.75) is 19.8 Å². The molecular weight excluding hydrogens is 364 g/mol. The highest BCUT2D eigenvalue weighted by atomic mass is 79.9. The lowest BCUT2D eigenvalue weighted by Crippen LogP contribution is -2.12. The molecule has 5 heteroatoms. The first-order valence-electron chi connectivity index (χ1n) is 5.57. The predicted octanol–water partition coefficient (Wildman–Crippen LogP) is 3.06. The van der Waals surface area contributed by atoms with Gasteiger partial charge in [0.2, 0.25) is 0 Å². The topological polar surface area (TPSA) is 43.4 Å². The third kappa shape index (κ3) is 4.90. The number of ketones is 1. The molecule has 0 aliphatic heterocycles. The van der Waals surface area contributed by atoms with Crippen molar-refractivity contribution >= 4 is 43.6 Å². The van der Waals surface area contributed by atoms with E-state index < -0.39 is 0 Å². The van der Waals surface area contributed by atoms with E-state index in [4.69, 9.17) is 4.74 Å². The third-order valence-corrected chi connectivity index (χ3v) is 3.46. The SMILES string of the molecule is CCOC(=O)Cc1cc(Br)ccc1CC(=O)CBr. The summed E-state index contributed by atoms with van der Waals surface area (Å²) < 4.78 is 5.81. The monoisotopic (exact) mass is 376 g/mol. The zero-order chi connectivity index (χ0) is 13.5. The van der Waals surface area contributed by atoms with E-state index in [0.717, 1.165) is 15.6 Å². The zero-order valence-electron chi connectivity index (χ0n) is 10.0. The van der Waals surface area contributed by atoms with E-state index in [1.54, 1.807) is 6.92 Å². The van der Waals surface area contributed by atoms with Crippen molar-refractivity contribution in [2.24, 2.45) is 0 Å². The fraction of sp³-hybridized carbons (Fsp3) is 0.385. The van der Waals surface area contributed by atoms with Gasteiger partial charge in [-0.15, -0.1) is 0 Å². The molecule has 0 aliphatic carbocycles. The summed E-state index contributed by atoms with van der Waals surface area (Å²) in [5.41, 5.74) is 1.70. The highest BCUT2D eigenvalue weighted by Crippen LogP contribution is 2.18. The Labute approximate surface area is 123 Å². The molecule has 18 heavy (non-hydrogen) atoms. The van der Waals surface area contributed by atoms with Crippen LogP contribution in [0.3, 0.4) is 0 Å². The predicted molar refractivity (Wildman–Crippen MR) is 77.0 cm³/mol. The van der Waals surface area contributed by atoms with Crippen LogP contribution in [-0.4, -0.2) is 23.7 Å². The molecule has 0 saturated heterocycles. The molecule has 0 fully saturated rings. The van der Waals surface area contributed by atoms with Gasteiger partial charge in [-0.1, -0.05) is 37.9 Å². The highest BCUT2D eigenvalue weighted by molar-refractivity contribution is 9.10. The average molecular weight is 378 g/mol. The molecule has 0 amide bonds. The van der Waals surface area contributed by atoms with Gasteiger partial charge in [-0.3, -0.25) is 9.59 Å². The fourth-order valence-electron chi connectivity index (χ4n) is 1.56. The van der Waals surface area contributed by atoms with E-state index in [1.807, 2.05) is 18.2 Å². The van der Waals surface area contributed by atoms with Gasteiger partial charge in [0, 0.05) is 10.9 Å². The maximum absolute atomic E-state index is 11.5. The summed E-state index contributed by atoms with van der Waals surface area (Å²) in [5, 5.41) is 0.321. The number of carbonyl (C=O) groups is 2. The van der Waals surface area contributed by atoms with Gasteiger partial charge < -0.3 is 4.74 Å². The fourth-order valence-corrected chi connectivity index (χ4v) is 2.17. The quantitative estimate of drug-likeness (QED) is 0.565. The lowest BCUT2D eigenvalue weighted by Gasteiger charge is -2.09. The highest BCUT2D eigenvalue weighted by Gasteiger charge is 2.12. The Kier molecular flexibility index (Phi) is 6.57. The minimum Gasteiger partial charge on any atom is -0.466 e. The van der Waals surface area contributed by atoms with E-state index in [0.29, 0.717) is 18.4 Å². The molecule has 0 unspecified atom stereocenters. The normalized spacial score (nSPS) is 10.2. The number of hydrogen-bond donors (Lipinski definition) is 0. The number of rotatable bonds is 6. The van der Waals surface area contributed by atoms with Gasteiger partial charge in [-0.25, -0.2) is 0 Å². The van der Waals surface area contributed by atoms with Crippen molar-refractivity contribution in [3.8, 4) is 0 Å². The Morgan fingerprint density at radius 2 is 1.94 bits per heavy atom. The maximum Gasteiger partial charge on any atom is 0.310 e. The van der Waals surface area contributed by atoms with Crippen LogP contribution in [0.4, 0.5) is 0 Å². The molecule has 0 heterocycles. The number of esters is 1. The first kappa shape index (κ1) is 15.4. The molecule has 1 aromatic carbocycles. The van der Waals surface area contributed by atoms with Crippen LogP contribution in [-0.2, 0) is 27.2 Å². The Hall–Kier alpha value is -0.680. The number of alkyl halides is 1. The van der Waals surface area contributed by atoms with Crippen molar-refractivity contribution in [3.05, 3.63) is 33.8 Å². The summed E-state index contributed by atoms with van der Waals surface area (Å²) in [4.78, 5) is 23.0. The molecule has 0 spiro atoms. The van der Waals surface area contributed by atoms with Crippen LogP contribution in [0.15, 0.2) is 22.7 Å². The van der Waals surface area contributed by atoms with E-state index >= 15 is 0 Å². The van der Waals surface area contributed by atoms with Crippen LogP contribution in [0.2, 0.25) is 0 Å². The van der Waals surface area contributed by atoms with E-state index in [9.17, 15) is 9.59 Å².